The van der Waals surface area contributed by atoms with Crippen molar-refractivity contribution in [3.8, 4) is 5.75 Å². The van der Waals surface area contributed by atoms with Crippen molar-refractivity contribution in [3.63, 3.8) is 0 Å². The minimum Gasteiger partial charge on any atom is -0.480 e. The van der Waals surface area contributed by atoms with Crippen LogP contribution in [0, 0.1) is 5.82 Å². The molecule has 2 aromatic carbocycles. The van der Waals surface area contributed by atoms with Gasteiger partial charge in [0.25, 0.3) is 0 Å². The van der Waals surface area contributed by atoms with Gasteiger partial charge in [-0.25, -0.2) is 9.18 Å². The molecule has 0 fully saturated rings. The summed E-state index contributed by atoms with van der Waals surface area (Å²) in [5.41, 5.74) is 0.318. The van der Waals surface area contributed by atoms with Crippen molar-refractivity contribution >= 4 is 33.2 Å². The number of hydrogen-bond acceptors (Lipinski definition) is 4. The molecule has 116 valence electrons. The van der Waals surface area contributed by atoms with E-state index in [9.17, 15) is 14.0 Å². The first-order valence-electron chi connectivity index (χ1n) is 6.72. The summed E-state index contributed by atoms with van der Waals surface area (Å²) in [4.78, 5) is 23.7. The number of hydrogen-bond donors (Lipinski definition) is 1. The Kier molecular flexibility index (Phi) is 4.08. The van der Waals surface area contributed by atoms with Crippen LogP contribution in [0.15, 0.2) is 48.5 Å². The third-order valence-corrected chi connectivity index (χ3v) is 4.35. The number of carbonyl (C=O) groups is 2. The summed E-state index contributed by atoms with van der Waals surface area (Å²) in [7, 11) is 0. The molecule has 0 aliphatic rings. The van der Waals surface area contributed by atoms with E-state index in [4.69, 9.17) is 9.84 Å². The van der Waals surface area contributed by atoms with Crippen LogP contribution in [0.4, 0.5) is 4.39 Å². The Morgan fingerprint density at radius 3 is 2.48 bits per heavy atom. The maximum absolute atomic E-state index is 13.0. The van der Waals surface area contributed by atoms with Crippen LogP contribution in [0.1, 0.15) is 15.2 Å². The zero-order valence-corrected chi connectivity index (χ0v) is 12.6. The minimum atomic E-state index is -1.12. The Morgan fingerprint density at radius 1 is 1.09 bits per heavy atom. The second-order valence-corrected chi connectivity index (χ2v) is 5.83. The fraction of sp³-hybridized carbons (Fsp3) is 0.0588. The monoisotopic (exact) mass is 330 g/mol. The Labute approximate surface area is 134 Å². The van der Waals surface area contributed by atoms with Gasteiger partial charge in [-0.05, 0) is 36.4 Å². The highest BCUT2D eigenvalue weighted by molar-refractivity contribution is 7.21. The molecule has 0 amide bonds. The second kappa shape index (κ2) is 6.18. The summed E-state index contributed by atoms with van der Waals surface area (Å²) in [6, 6.07) is 12.4. The Balaban J connectivity index is 2.08. The lowest BCUT2D eigenvalue weighted by atomic mass is 10.1. The lowest BCUT2D eigenvalue weighted by molar-refractivity contribution is -0.139. The van der Waals surface area contributed by atoms with Gasteiger partial charge in [-0.3, -0.25) is 4.79 Å². The quantitative estimate of drug-likeness (QED) is 0.724. The molecule has 0 spiro atoms. The van der Waals surface area contributed by atoms with Crippen LogP contribution in [-0.2, 0) is 4.79 Å². The van der Waals surface area contributed by atoms with E-state index in [1.165, 1.54) is 35.6 Å². The number of carboxylic acid groups (broad SMARTS) is 1. The van der Waals surface area contributed by atoms with Crippen LogP contribution in [0.5, 0.6) is 5.75 Å². The van der Waals surface area contributed by atoms with Crippen LogP contribution in [0.3, 0.4) is 0 Å². The largest absolute Gasteiger partial charge is 0.480 e. The molecule has 0 unspecified atom stereocenters. The molecular weight excluding hydrogens is 319 g/mol. The molecule has 0 radical (unpaired) electrons. The molecule has 6 heteroatoms. The summed E-state index contributed by atoms with van der Waals surface area (Å²) >= 11 is 1.22. The molecule has 0 bridgehead atoms. The number of aliphatic carboxylic acids is 1. The average molecular weight is 330 g/mol. The number of benzene rings is 2. The van der Waals surface area contributed by atoms with E-state index >= 15 is 0 Å². The summed E-state index contributed by atoms with van der Waals surface area (Å²) < 4.78 is 19.2. The maximum Gasteiger partial charge on any atom is 0.341 e. The summed E-state index contributed by atoms with van der Waals surface area (Å²) in [5.74, 6) is -1.63. The van der Waals surface area contributed by atoms with Crippen molar-refractivity contribution in [2.24, 2.45) is 0 Å². The van der Waals surface area contributed by atoms with Crippen molar-refractivity contribution in [2.75, 3.05) is 6.61 Å². The first-order chi connectivity index (χ1) is 11.1. The number of fused-ring (bicyclic) bond motifs is 1. The highest BCUT2D eigenvalue weighted by Gasteiger charge is 2.21. The van der Waals surface area contributed by atoms with Gasteiger partial charge in [0, 0.05) is 15.6 Å². The first kappa shape index (κ1) is 15.2. The lowest BCUT2D eigenvalue weighted by Gasteiger charge is -2.05. The molecule has 0 saturated carbocycles. The number of rotatable bonds is 5. The molecule has 0 aliphatic carbocycles. The van der Waals surface area contributed by atoms with Crippen LogP contribution in [0.2, 0.25) is 0 Å². The number of carbonyl (C=O) groups excluding carboxylic acids is 1. The van der Waals surface area contributed by atoms with Crippen LogP contribution in [-0.4, -0.2) is 23.5 Å². The Bertz CT molecular complexity index is 883. The number of thiophene rings is 1. The number of ether oxygens (including phenoxy) is 1. The number of carboxylic acids is 1. The predicted molar refractivity (Wildman–Crippen MR) is 84.8 cm³/mol. The first-order valence-corrected chi connectivity index (χ1v) is 7.54. The standard InChI is InChI=1S/C17H11FO4S/c18-11-7-5-10(6-8-11)15(21)17-16(22-9-14(19)20)12-3-1-2-4-13(12)23-17/h1-8H,9H2,(H,19,20). The number of halogens is 1. The van der Waals surface area contributed by atoms with E-state index in [-0.39, 0.29) is 11.5 Å². The van der Waals surface area contributed by atoms with E-state index in [1.807, 2.05) is 12.1 Å². The van der Waals surface area contributed by atoms with Crippen molar-refractivity contribution in [3.05, 3.63) is 64.8 Å². The predicted octanol–water partition coefficient (Wildman–Crippen LogP) is 3.73. The molecule has 4 nitrogen and oxygen atoms in total. The number of ketones is 1. The average Bonchev–Trinajstić information content (AvgIpc) is 2.91. The molecule has 1 aromatic heterocycles. The molecule has 23 heavy (non-hydrogen) atoms. The van der Waals surface area contributed by atoms with Gasteiger partial charge in [-0.1, -0.05) is 12.1 Å². The lowest BCUT2D eigenvalue weighted by Crippen LogP contribution is -2.11. The van der Waals surface area contributed by atoms with Crippen molar-refractivity contribution in [1.29, 1.82) is 0 Å². The summed E-state index contributed by atoms with van der Waals surface area (Å²) in [6.07, 6.45) is 0. The van der Waals surface area contributed by atoms with E-state index in [2.05, 4.69) is 0 Å². The third-order valence-electron chi connectivity index (χ3n) is 3.20. The Morgan fingerprint density at radius 2 is 1.78 bits per heavy atom. The smallest absolute Gasteiger partial charge is 0.341 e. The molecular formula is C17H11FO4S. The maximum atomic E-state index is 13.0. The zero-order valence-electron chi connectivity index (χ0n) is 11.8. The molecule has 3 rings (SSSR count). The summed E-state index contributed by atoms with van der Waals surface area (Å²) in [5, 5.41) is 9.50. The molecule has 1 heterocycles. The zero-order chi connectivity index (χ0) is 16.4. The van der Waals surface area contributed by atoms with E-state index < -0.39 is 18.4 Å². The van der Waals surface area contributed by atoms with Crippen LogP contribution >= 0.6 is 11.3 Å². The third kappa shape index (κ3) is 3.07. The topological polar surface area (TPSA) is 63.6 Å². The molecule has 0 aliphatic heterocycles. The van der Waals surface area contributed by atoms with Gasteiger partial charge in [0.05, 0.1) is 0 Å². The molecule has 0 atom stereocenters. The van der Waals surface area contributed by atoms with Crippen LogP contribution in [0.25, 0.3) is 10.1 Å². The van der Waals surface area contributed by atoms with Gasteiger partial charge < -0.3 is 9.84 Å². The molecule has 1 N–H and O–H groups in total. The van der Waals surface area contributed by atoms with Gasteiger partial charge in [-0.15, -0.1) is 11.3 Å². The SMILES string of the molecule is O=C(O)COc1c(C(=O)c2ccc(F)cc2)sc2ccccc12. The molecule has 0 saturated heterocycles. The van der Waals surface area contributed by atoms with Crippen molar-refractivity contribution in [1.82, 2.24) is 0 Å². The van der Waals surface area contributed by atoms with E-state index in [0.29, 0.717) is 15.8 Å². The fourth-order valence-corrected chi connectivity index (χ4v) is 3.29. The minimum absolute atomic E-state index is 0.252. The second-order valence-electron chi connectivity index (χ2n) is 4.77. The van der Waals surface area contributed by atoms with Gasteiger partial charge in [0.15, 0.2) is 6.61 Å². The van der Waals surface area contributed by atoms with Crippen LogP contribution < -0.4 is 4.74 Å². The van der Waals surface area contributed by atoms with Gasteiger partial charge in [0.1, 0.15) is 16.4 Å². The Hall–Kier alpha value is -2.73. The summed E-state index contributed by atoms with van der Waals surface area (Å²) in [6.45, 7) is -0.537. The molecule has 3 aromatic rings. The van der Waals surface area contributed by atoms with Gasteiger partial charge >= 0.3 is 5.97 Å². The van der Waals surface area contributed by atoms with E-state index in [1.54, 1.807) is 12.1 Å². The van der Waals surface area contributed by atoms with Gasteiger partial charge in [-0.2, -0.15) is 0 Å². The van der Waals surface area contributed by atoms with E-state index in [0.717, 1.165) is 4.70 Å². The van der Waals surface area contributed by atoms with Gasteiger partial charge in [0.2, 0.25) is 5.78 Å². The van der Waals surface area contributed by atoms with Crippen molar-refractivity contribution in [2.45, 2.75) is 0 Å². The van der Waals surface area contributed by atoms with Crippen molar-refractivity contribution < 1.29 is 23.8 Å². The normalized spacial score (nSPS) is 10.7. The highest BCUT2D eigenvalue weighted by atomic mass is 32.1. The highest BCUT2D eigenvalue weighted by Crippen LogP contribution is 2.39. The fourth-order valence-electron chi connectivity index (χ4n) is 2.18.